The largest absolute Gasteiger partial charge is 0.384 e. The highest BCUT2D eigenvalue weighted by molar-refractivity contribution is 5.93. The van der Waals surface area contributed by atoms with E-state index in [2.05, 4.69) is 15.3 Å². The Bertz CT molecular complexity index is 597. The summed E-state index contributed by atoms with van der Waals surface area (Å²) in [5, 5.41) is 2.63. The number of carbonyl (C=O) groups excluding carboxylic acids is 1. The van der Waals surface area contributed by atoms with Gasteiger partial charge < -0.3 is 16.8 Å². The molecule has 0 unspecified atom stereocenters. The van der Waals surface area contributed by atoms with Crippen LogP contribution in [0.3, 0.4) is 0 Å². The van der Waals surface area contributed by atoms with Crippen LogP contribution in [0.1, 0.15) is 6.92 Å². The first-order valence-corrected chi connectivity index (χ1v) is 5.82. The van der Waals surface area contributed by atoms with Crippen molar-refractivity contribution in [3.05, 3.63) is 36.4 Å². The maximum Gasteiger partial charge on any atom is 0.242 e. The van der Waals surface area contributed by atoms with Crippen molar-refractivity contribution in [1.82, 2.24) is 9.97 Å². The second-order valence-corrected chi connectivity index (χ2v) is 4.13. The van der Waals surface area contributed by atoms with E-state index in [1.54, 1.807) is 43.3 Å². The standard InChI is InChI=1S/C13H15N5O/c1-8(14)13(19)18-12-7-3-5-10(17-12)9-4-2-6-11(15)16-9/h2-8H,14H2,1H3,(H2,15,16)(H,17,18,19)/t8-/m0/s1. The number of hydrogen-bond acceptors (Lipinski definition) is 5. The molecule has 0 aliphatic carbocycles. The minimum absolute atomic E-state index is 0.287. The van der Waals surface area contributed by atoms with Gasteiger partial charge in [-0.1, -0.05) is 12.1 Å². The monoisotopic (exact) mass is 257 g/mol. The van der Waals surface area contributed by atoms with Crippen molar-refractivity contribution in [1.29, 1.82) is 0 Å². The number of rotatable bonds is 3. The zero-order valence-corrected chi connectivity index (χ0v) is 10.5. The lowest BCUT2D eigenvalue weighted by Crippen LogP contribution is -2.32. The highest BCUT2D eigenvalue weighted by Crippen LogP contribution is 2.17. The van der Waals surface area contributed by atoms with Gasteiger partial charge in [0.15, 0.2) is 0 Å². The number of nitrogen functional groups attached to an aromatic ring is 1. The van der Waals surface area contributed by atoms with E-state index in [0.29, 0.717) is 23.0 Å². The fourth-order valence-electron chi connectivity index (χ4n) is 1.48. The summed E-state index contributed by atoms with van der Waals surface area (Å²) in [6.07, 6.45) is 0. The molecule has 0 spiro atoms. The summed E-state index contributed by atoms with van der Waals surface area (Å²) in [5.41, 5.74) is 12.4. The summed E-state index contributed by atoms with van der Waals surface area (Å²) in [7, 11) is 0. The molecule has 0 aliphatic rings. The summed E-state index contributed by atoms with van der Waals surface area (Å²) in [5.74, 6) is 0.568. The average Bonchev–Trinajstić information content (AvgIpc) is 2.39. The Kier molecular flexibility index (Phi) is 3.72. The summed E-state index contributed by atoms with van der Waals surface area (Å²) < 4.78 is 0. The zero-order chi connectivity index (χ0) is 13.8. The molecule has 6 heteroatoms. The van der Waals surface area contributed by atoms with Crippen LogP contribution < -0.4 is 16.8 Å². The molecule has 1 atom stereocenters. The van der Waals surface area contributed by atoms with Crippen molar-refractivity contribution >= 4 is 17.5 Å². The molecule has 2 rings (SSSR count). The van der Waals surface area contributed by atoms with E-state index in [9.17, 15) is 4.79 Å². The fraction of sp³-hybridized carbons (Fsp3) is 0.154. The second-order valence-electron chi connectivity index (χ2n) is 4.13. The topological polar surface area (TPSA) is 107 Å². The first-order valence-electron chi connectivity index (χ1n) is 5.82. The molecule has 2 aromatic heterocycles. The van der Waals surface area contributed by atoms with E-state index in [1.165, 1.54) is 0 Å². The number of carbonyl (C=O) groups is 1. The van der Waals surface area contributed by atoms with Crippen LogP contribution in [0.5, 0.6) is 0 Å². The zero-order valence-electron chi connectivity index (χ0n) is 10.5. The van der Waals surface area contributed by atoms with E-state index in [1.807, 2.05) is 0 Å². The van der Waals surface area contributed by atoms with Crippen molar-refractivity contribution in [2.45, 2.75) is 13.0 Å². The van der Waals surface area contributed by atoms with Crippen LogP contribution in [0.4, 0.5) is 11.6 Å². The quantitative estimate of drug-likeness (QED) is 0.760. The molecule has 2 aromatic rings. The molecule has 0 saturated heterocycles. The molecule has 5 N–H and O–H groups in total. The molecule has 1 amide bonds. The summed E-state index contributed by atoms with van der Waals surface area (Å²) in [6.45, 7) is 1.61. The van der Waals surface area contributed by atoms with Gasteiger partial charge in [0, 0.05) is 0 Å². The number of amides is 1. The first kappa shape index (κ1) is 13.0. The van der Waals surface area contributed by atoms with Crippen LogP contribution in [0.25, 0.3) is 11.4 Å². The molecule has 2 heterocycles. The molecule has 98 valence electrons. The Hall–Kier alpha value is -2.47. The molecule has 6 nitrogen and oxygen atoms in total. The molecule has 0 radical (unpaired) electrons. The van der Waals surface area contributed by atoms with E-state index in [0.717, 1.165) is 0 Å². The Balaban J connectivity index is 2.27. The third-order valence-corrected chi connectivity index (χ3v) is 2.45. The van der Waals surface area contributed by atoms with Gasteiger partial charge in [-0.15, -0.1) is 0 Å². The van der Waals surface area contributed by atoms with Crippen LogP contribution in [0.15, 0.2) is 36.4 Å². The molecular formula is C13H15N5O. The number of anilines is 2. The van der Waals surface area contributed by atoms with Gasteiger partial charge in [0.2, 0.25) is 5.91 Å². The van der Waals surface area contributed by atoms with E-state index in [-0.39, 0.29) is 5.91 Å². The third-order valence-electron chi connectivity index (χ3n) is 2.45. The molecule has 0 bridgehead atoms. The Labute approximate surface area is 110 Å². The van der Waals surface area contributed by atoms with Gasteiger partial charge in [-0.05, 0) is 31.2 Å². The van der Waals surface area contributed by atoms with Crippen LogP contribution in [-0.4, -0.2) is 21.9 Å². The van der Waals surface area contributed by atoms with Gasteiger partial charge in [-0.2, -0.15) is 0 Å². The minimum atomic E-state index is -0.587. The van der Waals surface area contributed by atoms with E-state index < -0.39 is 6.04 Å². The lowest BCUT2D eigenvalue weighted by atomic mass is 10.2. The lowest BCUT2D eigenvalue weighted by molar-refractivity contribution is -0.117. The maximum atomic E-state index is 11.5. The third kappa shape index (κ3) is 3.26. The van der Waals surface area contributed by atoms with Gasteiger partial charge in [0.25, 0.3) is 0 Å². The van der Waals surface area contributed by atoms with Gasteiger partial charge in [-0.25, -0.2) is 9.97 Å². The Morgan fingerprint density at radius 3 is 2.42 bits per heavy atom. The predicted octanol–water partition coefficient (Wildman–Crippen LogP) is 1.01. The second kappa shape index (κ2) is 5.45. The van der Waals surface area contributed by atoms with Gasteiger partial charge in [0.1, 0.15) is 11.6 Å². The average molecular weight is 257 g/mol. The minimum Gasteiger partial charge on any atom is -0.384 e. The first-order chi connectivity index (χ1) is 9.06. The Morgan fingerprint density at radius 2 is 1.79 bits per heavy atom. The number of nitrogens with one attached hydrogen (secondary N) is 1. The molecular weight excluding hydrogens is 242 g/mol. The predicted molar refractivity (Wildman–Crippen MR) is 74.2 cm³/mol. The van der Waals surface area contributed by atoms with Crippen LogP contribution in [-0.2, 0) is 4.79 Å². The summed E-state index contributed by atoms with van der Waals surface area (Å²) in [4.78, 5) is 20.0. The van der Waals surface area contributed by atoms with E-state index >= 15 is 0 Å². The van der Waals surface area contributed by atoms with Gasteiger partial charge in [0.05, 0.1) is 17.4 Å². The molecule has 0 aromatic carbocycles. The van der Waals surface area contributed by atoms with Crippen LogP contribution in [0.2, 0.25) is 0 Å². The SMILES string of the molecule is C[C@H](N)C(=O)Nc1cccc(-c2cccc(N)n2)n1. The van der Waals surface area contributed by atoms with Crippen molar-refractivity contribution < 1.29 is 4.79 Å². The fourth-order valence-corrected chi connectivity index (χ4v) is 1.48. The van der Waals surface area contributed by atoms with Gasteiger partial charge >= 0.3 is 0 Å². The highest BCUT2D eigenvalue weighted by Gasteiger charge is 2.09. The lowest BCUT2D eigenvalue weighted by Gasteiger charge is -2.08. The number of nitrogens with two attached hydrogens (primary N) is 2. The molecule has 0 fully saturated rings. The smallest absolute Gasteiger partial charge is 0.242 e. The van der Waals surface area contributed by atoms with Gasteiger partial charge in [-0.3, -0.25) is 4.79 Å². The molecule has 0 aliphatic heterocycles. The normalized spacial score (nSPS) is 11.9. The molecule has 0 saturated carbocycles. The van der Waals surface area contributed by atoms with Crippen molar-refractivity contribution in [2.24, 2.45) is 5.73 Å². The number of pyridine rings is 2. The maximum absolute atomic E-state index is 11.5. The van der Waals surface area contributed by atoms with E-state index in [4.69, 9.17) is 11.5 Å². The highest BCUT2D eigenvalue weighted by atomic mass is 16.2. The number of aromatic nitrogens is 2. The van der Waals surface area contributed by atoms with Crippen LogP contribution >= 0.6 is 0 Å². The molecule has 19 heavy (non-hydrogen) atoms. The van der Waals surface area contributed by atoms with Crippen molar-refractivity contribution in [2.75, 3.05) is 11.1 Å². The summed E-state index contributed by atoms with van der Waals surface area (Å²) in [6, 6.07) is 9.98. The van der Waals surface area contributed by atoms with Crippen molar-refractivity contribution in [3.8, 4) is 11.4 Å². The van der Waals surface area contributed by atoms with Crippen LogP contribution in [0, 0.1) is 0 Å². The summed E-state index contributed by atoms with van der Waals surface area (Å²) >= 11 is 0. The Morgan fingerprint density at radius 1 is 1.16 bits per heavy atom. The number of hydrogen-bond donors (Lipinski definition) is 3. The number of nitrogens with zero attached hydrogens (tertiary/aromatic N) is 2. The van der Waals surface area contributed by atoms with Crippen molar-refractivity contribution in [3.63, 3.8) is 0 Å².